The molecule has 1 heterocycles. The van der Waals surface area contributed by atoms with Crippen LogP contribution in [0.4, 0.5) is 0 Å². The molecule has 0 saturated carbocycles. The highest BCUT2D eigenvalue weighted by Crippen LogP contribution is 2.28. The van der Waals surface area contributed by atoms with E-state index >= 15 is 0 Å². The first-order chi connectivity index (χ1) is 6.29. The first-order valence-corrected chi connectivity index (χ1v) is 4.87. The van der Waals surface area contributed by atoms with Crippen LogP contribution in [0.2, 0.25) is 0 Å². The van der Waals surface area contributed by atoms with Crippen LogP contribution in [0.3, 0.4) is 0 Å². The zero-order chi connectivity index (χ0) is 9.26. The second-order valence-corrected chi connectivity index (χ2v) is 3.74. The van der Waals surface area contributed by atoms with Gasteiger partial charge in [-0.2, -0.15) is 0 Å². The molecule has 1 aromatic heterocycles. The predicted octanol–water partition coefficient (Wildman–Crippen LogP) is 4.02. The highest BCUT2D eigenvalue weighted by atomic mass is 79.9. The van der Waals surface area contributed by atoms with E-state index < -0.39 is 0 Å². The third-order valence-electron chi connectivity index (χ3n) is 2.05. The first-order valence-electron chi connectivity index (χ1n) is 4.08. The Hall–Kier alpha value is -1.02. The molecule has 0 fully saturated rings. The van der Waals surface area contributed by atoms with Gasteiger partial charge in [0.1, 0.15) is 5.76 Å². The fraction of sp³-hybridized carbons (Fsp3) is 0.0909. The minimum atomic E-state index is 0.916. The van der Waals surface area contributed by atoms with E-state index in [1.807, 2.05) is 24.3 Å². The van der Waals surface area contributed by atoms with Gasteiger partial charge in [-0.3, -0.25) is 0 Å². The van der Waals surface area contributed by atoms with Crippen LogP contribution in [-0.4, -0.2) is 0 Å². The summed E-state index contributed by atoms with van der Waals surface area (Å²) >= 11 is 3.49. The van der Waals surface area contributed by atoms with Crippen LogP contribution >= 0.6 is 15.9 Å². The van der Waals surface area contributed by atoms with E-state index in [0.717, 1.165) is 15.8 Å². The Kier molecular flexibility index (Phi) is 2.23. The van der Waals surface area contributed by atoms with Gasteiger partial charge < -0.3 is 4.42 Å². The van der Waals surface area contributed by atoms with Crippen LogP contribution < -0.4 is 0 Å². The van der Waals surface area contributed by atoms with E-state index in [-0.39, 0.29) is 0 Å². The van der Waals surface area contributed by atoms with E-state index in [9.17, 15) is 0 Å². The predicted molar refractivity (Wildman–Crippen MR) is 56.6 cm³/mol. The van der Waals surface area contributed by atoms with E-state index in [0.29, 0.717) is 0 Å². The maximum atomic E-state index is 5.33. The molecular weight excluding hydrogens is 228 g/mol. The molecule has 0 N–H and O–H groups in total. The average molecular weight is 237 g/mol. The second kappa shape index (κ2) is 3.38. The van der Waals surface area contributed by atoms with Crippen molar-refractivity contribution in [2.75, 3.05) is 0 Å². The molecule has 0 atom stereocenters. The molecule has 0 aliphatic rings. The highest BCUT2D eigenvalue weighted by molar-refractivity contribution is 9.10. The third-order valence-corrected chi connectivity index (χ3v) is 2.91. The average Bonchev–Trinajstić information content (AvgIpc) is 2.62. The van der Waals surface area contributed by atoms with Crippen molar-refractivity contribution in [3.8, 4) is 11.3 Å². The number of halogens is 1. The normalized spacial score (nSPS) is 10.3. The van der Waals surface area contributed by atoms with Crippen molar-refractivity contribution >= 4 is 15.9 Å². The Balaban J connectivity index is 2.59. The second-order valence-electron chi connectivity index (χ2n) is 2.89. The fourth-order valence-corrected chi connectivity index (χ4v) is 1.67. The zero-order valence-corrected chi connectivity index (χ0v) is 8.84. The third kappa shape index (κ3) is 1.54. The van der Waals surface area contributed by atoms with Gasteiger partial charge in [-0.05, 0) is 30.7 Å². The number of hydrogen-bond acceptors (Lipinski definition) is 1. The molecule has 1 nitrogen and oxygen atoms in total. The van der Waals surface area contributed by atoms with Gasteiger partial charge in [0, 0.05) is 10.0 Å². The van der Waals surface area contributed by atoms with Crippen molar-refractivity contribution in [3.63, 3.8) is 0 Å². The van der Waals surface area contributed by atoms with Crippen LogP contribution in [0.1, 0.15) is 5.56 Å². The minimum Gasteiger partial charge on any atom is -0.464 e. The van der Waals surface area contributed by atoms with Gasteiger partial charge >= 0.3 is 0 Å². The van der Waals surface area contributed by atoms with Crippen molar-refractivity contribution in [2.45, 2.75) is 6.92 Å². The lowest BCUT2D eigenvalue weighted by molar-refractivity contribution is 0.582. The first kappa shape index (κ1) is 8.57. The van der Waals surface area contributed by atoms with Gasteiger partial charge in [0.25, 0.3) is 0 Å². The molecule has 0 unspecified atom stereocenters. The number of furan rings is 1. The molecule has 0 amide bonds. The molecule has 2 rings (SSSR count). The molecule has 0 saturated heterocycles. The van der Waals surface area contributed by atoms with Crippen molar-refractivity contribution < 1.29 is 4.42 Å². The van der Waals surface area contributed by atoms with Crippen LogP contribution in [0, 0.1) is 6.92 Å². The lowest BCUT2D eigenvalue weighted by Gasteiger charge is -2.03. The molecule has 2 heteroatoms. The maximum absolute atomic E-state index is 5.33. The standard InChI is InChI=1S/C11H9BrO/c1-8-9(4-2-5-10(8)12)11-6-3-7-13-11/h2-7H,1H3. The van der Waals surface area contributed by atoms with Gasteiger partial charge in [-0.1, -0.05) is 28.1 Å². The SMILES string of the molecule is Cc1c(Br)cccc1-c1ccco1. The van der Waals surface area contributed by atoms with Gasteiger partial charge in [0.15, 0.2) is 0 Å². The van der Waals surface area contributed by atoms with E-state index in [2.05, 4.69) is 28.9 Å². The van der Waals surface area contributed by atoms with Gasteiger partial charge in [-0.15, -0.1) is 0 Å². The van der Waals surface area contributed by atoms with Crippen LogP contribution in [-0.2, 0) is 0 Å². The number of hydrogen-bond donors (Lipinski definition) is 0. The van der Waals surface area contributed by atoms with E-state index in [4.69, 9.17) is 4.42 Å². The molecule has 0 aliphatic heterocycles. The number of rotatable bonds is 1. The Morgan fingerprint density at radius 2 is 2.00 bits per heavy atom. The summed E-state index contributed by atoms with van der Waals surface area (Å²) in [5.41, 5.74) is 2.34. The summed E-state index contributed by atoms with van der Waals surface area (Å²) in [4.78, 5) is 0. The largest absolute Gasteiger partial charge is 0.464 e. The summed E-state index contributed by atoms with van der Waals surface area (Å²) in [5.74, 6) is 0.916. The van der Waals surface area contributed by atoms with E-state index in [1.165, 1.54) is 5.56 Å². The van der Waals surface area contributed by atoms with E-state index in [1.54, 1.807) is 6.26 Å². The Morgan fingerprint density at radius 3 is 2.69 bits per heavy atom. The summed E-state index contributed by atoms with van der Waals surface area (Å²) in [6.45, 7) is 2.07. The molecule has 2 aromatic rings. The van der Waals surface area contributed by atoms with Gasteiger partial charge in [0.2, 0.25) is 0 Å². The molecule has 13 heavy (non-hydrogen) atoms. The summed E-state index contributed by atoms with van der Waals surface area (Å²) in [6, 6.07) is 9.96. The fourth-order valence-electron chi connectivity index (χ4n) is 1.31. The smallest absolute Gasteiger partial charge is 0.134 e. The van der Waals surface area contributed by atoms with Crippen molar-refractivity contribution in [1.82, 2.24) is 0 Å². The molecule has 0 radical (unpaired) electrons. The minimum absolute atomic E-state index is 0.916. The quantitative estimate of drug-likeness (QED) is 0.730. The monoisotopic (exact) mass is 236 g/mol. The lowest BCUT2D eigenvalue weighted by Crippen LogP contribution is -1.81. The van der Waals surface area contributed by atoms with Gasteiger partial charge in [0.05, 0.1) is 6.26 Å². The topological polar surface area (TPSA) is 13.1 Å². The van der Waals surface area contributed by atoms with Crippen LogP contribution in [0.5, 0.6) is 0 Å². The Bertz CT molecular complexity index is 404. The van der Waals surface area contributed by atoms with Crippen molar-refractivity contribution in [1.29, 1.82) is 0 Å². The molecule has 66 valence electrons. The summed E-state index contributed by atoms with van der Waals surface area (Å²) in [7, 11) is 0. The Labute approximate surface area is 85.5 Å². The summed E-state index contributed by atoms with van der Waals surface area (Å²) in [5, 5.41) is 0. The maximum Gasteiger partial charge on any atom is 0.134 e. The number of benzene rings is 1. The van der Waals surface area contributed by atoms with Gasteiger partial charge in [-0.25, -0.2) is 0 Å². The molecule has 0 bridgehead atoms. The highest BCUT2D eigenvalue weighted by Gasteiger charge is 2.05. The van der Waals surface area contributed by atoms with Crippen LogP contribution in [0.15, 0.2) is 45.5 Å². The molecular formula is C11H9BrO. The van der Waals surface area contributed by atoms with Crippen molar-refractivity contribution in [2.24, 2.45) is 0 Å². The Morgan fingerprint density at radius 1 is 1.15 bits per heavy atom. The lowest BCUT2D eigenvalue weighted by atomic mass is 10.1. The summed E-state index contributed by atoms with van der Waals surface area (Å²) in [6.07, 6.45) is 1.69. The summed E-state index contributed by atoms with van der Waals surface area (Å²) < 4.78 is 6.45. The molecule has 0 spiro atoms. The van der Waals surface area contributed by atoms with Crippen LogP contribution in [0.25, 0.3) is 11.3 Å². The van der Waals surface area contributed by atoms with Crippen molar-refractivity contribution in [3.05, 3.63) is 46.6 Å². The zero-order valence-electron chi connectivity index (χ0n) is 7.25. The molecule has 1 aromatic carbocycles. The molecule has 0 aliphatic carbocycles.